The molecule has 0 amide bonds. The maximum absolute atomic E-state index is 12.3. The first-order chi connectivity index (χ1) is 11.0. The zero-order valence-electron chi connectivity index (χ0n) is 13.7. The van der Waals surface area contributed by atoms with E-state index >= 15 is 0 Å². The number of allylic oxidation sites excluding steroid dienone is 4. The molecule has 0 saturated heterocycles. The monoisotopic (exact) mass is 307 g/mol. The van der Waals surface area contributed by atoms with Crippen molar-refractivity contribution < 1.29 is 4.74 Å². The Bertz CT molecular complexity index is 869. The Kier molecular flexibility index (Phi) is 4.05. The Balaban J connectivity index is 2.00. The summed E-state index contributed by atoms with van der Waals surface area (Å²) in [5.41, 5.74) is 1.48. The van der Waals surface area contributed by atoms with Gasteiger partial charge in [0.15, 0.2) is 0 Å². The van der Waals surface area contributed by atoms with Gasteiger partial charge in [0, 0.05) is 24.1 Å². The fourth-order valence-electron chi connectivity index (χ4n) is 2.75. The standard InChI is InChI=1S/C20H21NO2/c1-20(2,23-3)16-9-6-8-14(11-12-16)18-13-15-7-4-5-10-17(15)19(22)21-18/h4-13,16H,1-3H3,(H,21,22). The van der Waals surface area contributed by atoms with Crippen molar-refractivity contribution in [3.8, 4) is 0 Å². The third kappa shape index (κ3) is 3.06. The molecule has 0 aliphatic heterocycles. The van der Waals surface area contributed by atoms with E-state index in [1.165, 1.54) is 0 Å². The molecule has 23 heavy (non-hydrogen) atoms. The van der Waals surface area contributed by atoms with Crippen molar-refractivity contribution in [1.29, 1.82) is 0 Å². The number of benzene rings is 1. The molecule has 0 bridgehead atoms. The first-order valence-corrected chi connectivity index (χ1v) is 7.75. The first-order valence-electron chi connectivity index (χ1n) is 7.75. The molecule has 0 saturated carbocycles. The van der Waals surface area contributed by atoms with Gasteiger partial charge in [-0.15, -0.1) is 0 Å². The van der Waals surface area contributed by atoms with Gasteiger partial charge in [0.2, 0.25) is 0 Å². The number of ether oxygens (including phenoxy) is 1. The predicted octanol–water partition coefficient (Wildman–Crippen LogP) is 4.08. The van der Waals surface area contributed by atoms with Gasteiger partial charge in [-0.3, -0.25) is 4.79 Å². The van der Waals surface area contributed by atoms with Gasteiger partial charge in [-0.2, -0.15) is 0 Å². The Morgan fingerprint density at radius 2 is 1.96 bits per heavy atom. The molecule has 0 fully saturated rings. The third-order valence-electron chi connectivity index (χ3n) is 4.47. The molecule has 1 aliphatic carbocycles. The normalized spacial score (nSPS) is 18.0. The number of rotatable bonds is 3. The van der Waals surface area contributed by atoms with Crippen LogP contribution in [-0.2, 0) is 4.74 Å². The average molecular weight is 307 g/mol. The van der Waals surface area contributed by atoms with Crippen LogP contribution in [0, 0.1) is 5.92 Å². The van der Waals surface area contributed by atoms with Crippen LogP contribution in [0.25, 0.3) is 16.3 Å². The van der Waals surface area contributed by atoms with Gasteiger partial charge in [-0.25, -0.2) is 0 Å². The van der Waals surface area contributed by atoms with Crippen molar-refractivity contribution >= 4 is 16.3 Å². The highest BCUT2D eigenvalue weighted by molar-refractivity contribution is 5.86. The van der Waals surface area contributed by atoms with Crippen LogP contribution in [0.1, 0.15) is 19.5 Å². The van der Waals surface area contributed by atoms with E-state index in [2.05, 4.69) is 31.0 Å². The summed E-state index contributed by atoms with van der Waals surface area (Å²) >= 11 is 0. The zero-order valence-corrected chi connectivity index (χ0v) is 13.7. The van der Waals surface area contributed by atoms with E-state index in [9.17, 15) is 4.79 Å². The minimum atomic E-state index is -0.271. The molecule has 1 aromatic heterocycles. The first kappa shape index (κ1) is 15.5. The number of H-pyrrole nitrogens is 1. The van der Waals surface area contributed by atoms with Crippen molar-refractivity contribution in [2.75, 3.05) is 7.11 Å². The summed E-state index contributed by atoms with van der Waals surface area (Å²) in [5, 5.41) is 1.66. The molecule has 0 radical (unpaired) electrons. The molecule has 1 atom stereocenters. The molecule has 2 aromatic rings. The van der Waals surface area contributed by atoms with E-state index in [1.807, 2.05) is 48.6 Å². The lowest BCUT2D eigenvalue weighted by Crippen LogP contribution is -2.30. The van der Waals surface area contributed by atoms with Crippen LogP contribution in [0.5, 0.6) is 0 Å². The summed E-state index contributed by atoms with van der Waals surface area (Å²) in [6, 6.07) is 9.64. The maximum atomic E-state index is 12.3. The number of nitrogens with one attached hydrogen (secondary N) is 1. The molecular weight excluding hydrogens is 286 g/mol. The van der Waals surface area contributed by atoms with Gasteiger partial charge in [0.1, 0.15) is 0 Å². The van der Waals surface area contributed by atoms with E-state index in [1.54, 1.807) is 7.11 Å². The van der Waals surface area contributed by atoms with Gasteiger partial charge >= 0.3 is 0 Å². The minimum Gasteiger partial charge on any atom is -0.378 e. The Morgan fingerprint density at radius 3 is 2.74 bits per heavy atom. The van der Waals surface area contributed by atoms with Crippen molar-refractivity contribution in [1.82, 2.24) is 4.98 Å². The fraction of sp³-hybridized carbons (Fsp3) is 0.250. The highest BCUT2D eigenvalue weighted by Gasteiger charge is 2.25. The lowest BCUT2D eigenvalue weighted by molar-refractivity contribution is 0.00173. The minimum absolute atomic E-state index is 0.0607. The van der Waals surface area contributed by atoms with Crippen LogP contribution in [0.15, 0.2) is 65.5 Å². The van der Waals surface area contributed by atoms with Crippen LogP contribution in [-0.4, -0.2) is 17.7 Å². The quantitative estimate of drug-likeness (QED) is 0.928. The van der Waals surface area contributed by atoms with Crippen molar-refractivity contribution in [2.45, 2.75) is 19.4 Å². The molecule has 1 aliphatic rings. The van der Waals surface area contributed by atoms with E-state index in [-0.39, 0.29) is 17.1 Å². The van der Waals surface area contributed by atoms with E-state index < -0.39 is 0 Å². The SMILES string of the molecule is COC(C)(C)C1C=CC=C(c2cc3ccccc3c(=O)[nH]2)C=C1. The van der Waals surface area contributed by atoms with Crippen molar-refractivity contribution in [2.24, 2.45) is 5.92 Å². The number of methoxy groups -OCH3 is 1. The number of pyridine rings is 1. The molecule has 118 valence electrons. The van der Waals surface area contributed by atoms with E-state index in [0.29, 0.717) is 5.39 Å². The van der Waals surface area contributed by atoms with Gasteiger partial charge in [0.25, 0.3) is 5.56 Å². The molecule has 1 aromatic carbocycles. The summed E-state index contributed by atoms with van der Waals surface area (Å²) in [6.45, 7) is 4.13. The summed E-state index contributed by atoms with van der Waals surface area (Å²) in [6.07, 6.45) is 10.3. The lowest BCUT2D eigenvalue weighted by Gasteiger charge is -2.28. The van der Waals surface area contributed by atoms with Crippen molar-refractivity contribution in [3.05, 3.63) is 76.8 Å². The smallest absolute Gasteiger partial charge is 0.256 e. The largest absolute Gasteiger partial charge is 0.378 e. The summed E-state index contributed by atoms with van der Waals surface area (Å²) in [4.78, 5) is 15.2. The van der Waals surface area contributed by atoms with Crippen LogP contribution in [0.2, 0.25) is 0 Å². The molecule has 0 spiro atoms. The second-order valence-corrected chi connectivity index (χ2v) is 6.30. The summed E-state index contributed by atoms with van der Waals surface area (Å²) in [5.74, 6) is 0.174. The molecule has 3 heteroatoms. The maximum Gasteiger partial charge on any atom is 0.256 e. The molecule has 1 N–H and O–H groups in total. The summed E-state index contributed by atoms with van der Waals surface area (Å²) in [7, 11) is 1.72. The van der Waals surface area contributed by atoms with Crippen LogP contribution in [0.3, 0.4) is 0 Å². The molecule has 3 rings (SSSR count). The van der Waals surface area contributed by atoms with Crippen LogP contribution in [0.4, 0.5) is 0 Å². The van der Waals surface area contributed by atoms with Crippen LogP contribution < -0.4 is 5.56 Å². The Hall–Kier alpha value is -2.39. The Labute approximate surface area is 136 Å². The van der Waals surface area contributed by atoms with Crippen LogP contribution >= 0.6 is 0 Å². The molecule has 3 nitrogen and oxygen atoms in total. The lowest BCUT2D eigenvalue weighted by atomic mass is 9.90. The van der Waals surface area contributed by atoms with Gasteiger partial charge in [-0.1, -0.05) is 48.6 Å². The van der Waals surface area contributed by atoms with Gasteiger partial charge in [0.05, 0.1) is 5.60 Å². The molecular formula is C20H21NO2. The molecule has 1 heterocycles. The zero-order chi connectivity index (χ0) is 16.4. The number of hydrogen-bond donors (Lipinski definition) is 1. The fourth-order valence-corrected chi connectivity index (χ4v) is 2.75. The number of fused-ring (bicyclic) bond motifs is 1. The highest BCUT2D eigenvalue weighted by atomic mass is 16.5. The topological polar surface area (TPSA) is 42.1 Å². The third-order valence-corrected chi connectivity index (χ3v) is 4.47. The van der Waals surface area contributed by atoms with Gasteiger partial charge in [-0.05, 0) is 36.9 Å². The Morgan fingerprint density at radius 1 is 1.17 bits per heavy atom. The second kappa shape index (κ2) is 6.01. The van der Waals surface area contributed by atoms with E-state index in [0.717, 1.165) is 16.7 Å². The molecule has 1 unspecified atom stereocenters. The predicted molar refractivity (Wildman–Crippen MR) is 95.4 cm³/mol. The number of aromatic nitrogens is 1. The number of aromatic amines is 1. The van der Waals surface area contributed by atoms with Crippen molar-refractivity contribution in [3.63, 3.8) is 0 Å². The number of hydrogen-bond acceptors (Lipinski definition) is 2. The summed E-state index contributed by atoms with van der Waals surface area (Å²) < 4.78 is 5.57. The second-order valence-electron chi connectivity index (χ2n) is 6.30. The van der Waals surface area contributed by atoms with Gasteiger partial charge < -0.3 is 9.72 Å². The average Bonchev–Trinajstić information content (AvgIpc) is 2.81. The van der Waals surface area contributed by atoms with E-state index in [4.69, 9.17) is 4.74 Å². The highest BCUT2D eigenvalue weighted by Crippen LogP contribution is 2.27.